The van der Waals surface area contributed by atoms with Gasteiger partial charge in [-0.15, -0.1) is 0 Å². The Kier molecular flexibility index (Phi) is 5.52. The quantitative estimate of drug-likeness (QED) is 0.713. The predicted octanol–water partition coefficient (Wildman–Crippen LogP) is 2.29. The molecule has 2 atom stereocenters. The first-order chi connectivity index (χ1) is 12.3. The first kappa shape index (κ1) is 19.1. The number of aliphatic hydroxyl groups excluding tert-OH is 1. The summed E-state index contributed by atoms with van der Waals surface area (Å²) in [5.74, 6) is 0.271. The van der Waals surface area contributed by atoms with Crippen LogP contribution in [0.15, 0.2) is 23.1 Å². The molecule has 1 aromatic carbocycles. The van der Waals surface area contributed by atoms with Gasteiger partial charge in [-0.05, 0) is 56.4 Å². The lowest BCUT2D eigenvalue weighted by atomic mass is 9.94. The van der Waals surface area contributed by atoms with Crippen LogP contribution in [0.4, 0.5) is 5.13 Å². The van der Waals surface area contributed by atoms with Crippen LogP contribution >= 0.6 is 11.3 Å². The minimum absolute atomic E-state index is 0.0731. The zero-order chi connectivity index (χ0) is 18.9. The van der Waals surface area contributed by atoms with Crippen molar-refractivity contribution >= 4 is 26.5 Å². The Morgan fingerprint density at radius 2 is 2.15 bits per heavy atom. The number of aryl methyl sites for hydroxylation is 1. The molecule has 0 aliphatic heterocycles. The number of hydrogen-bond acceptors (Lipinski definition) is 7. The van der Waals surface area contributed by atoms with E-state index in [1.165, 1.54) is 18.4 Å². The second-order valence-corrected chi connectivity index (χ2v) is 9.18. The van der Waals surface area contributed by atoms with E-state index in [2.05, 4.69) is 9.71 Å². The molecule has 1 aliphatic carbocycles. The number of nitrogen functional groups attached to an aromatic ring is 1. The Bertz CT molecular complexity index is 895. The van der Waals surface area contributed by atoms with Crippen LogP contribution in [-0.2, 0) is 10.0 Å². The molecule has 7 nitrogen and oxygen atoms in total. The predicted molar refractivity (Wildman–Crippen MR) is 102 cm³/mol. The smallest absolute Gasteiger partial charge is 0.244 e. The number of sulfonamides is 1. The monoisotopic (exact) mass is 397 g/mol. The molecular weight excluding hydrogens is 374 g/mol. The molecule has 1 heterocycles. The van der Waals surface area contributed by atoms with Crippen molar-refractivity contribution < 1.29 is 18.3 Å². The van der Waals surface area contributed by atoms with Crippen LogP contribution in [0.3, 0.4) is 0 Å². The normalized spacial score (nSPS) is 20.9. The van der Waals surface area contributed by atoms with Crippen LogP contribution in [0.2, 0.25) is 0 Å². The largest absolute Gasteiger partial charge is 0.495 e. The van der Waals surface area contributed by atoms with Crippen molar-refractivity contribution in [3.8, 4) is 16.2 Å². The van der Waals surface area contributed by atoms with Crippen LogP contribution in [-0.4, -0.2) is 37.8 Å². The number of nitrogens with zero attached hydrogens (tertiary/aromatic N) is 1. The van der Waals surface area contributed by atoms with E-state index in [-0.39, 0.29) is 16.7 Å². The Labute approximate surface area is 157 Å². The number of hydrogen-bond donors (Lipinski definition) is 3. The summed E-state index contributed by atoms with van der Waals surface area (Å²) in [4.78, 5) is 5.10. The summed E-state index contributed by atoms with van der Waals surface area (Å²) in [6, 6.07) is 4.73. The second-order valence-electron chi connectivity index (χ2n) is 6.47. The number of anilines is 1. The number of nitrogens with one attached hydrogen (secondary N) is 1. The average Bonchev–Trinajstić information content (AvgIpc) is 2.92. The number of benzene rings is 1. The Morgan fingerprint density at radius 3 is 2.77 bits per heavy atom. The molecule has 1 unspecified atom stereocenters. The van der Waals surface area contributed by atoms with E-state index in [4.69, 9.17) is 10.5 Å². The van der Waals surface area contributed by atoms with Gasteiger partial charge in [-0.1, -0.05) is 11.3 Å². The number of ether oxygens (including phenoxy) is 1. The van der Waals surface area contributed by atoms with Gasteiger partial charge in [-0.25, -0.2) is 18.1 Å². The van der Waals surface area contributed by atoms with Crippen molar-refractivity contribution in [2.24, 2.45) is 0 Å². The molecule has 4 N–H and O–H groups in total. The number of thiazole rings is 1. The molecule has 3 rings (SSSR count). The molecule has 1 aromatic heterocycles. The van der Waals surface area contributed by atoms with Crippen molar-refractivity contribution in [3.05, 3.63) is 23.9 Å². The van der Waals surface area contributed by atoms with Gasteiger partial charge < -0.3 is 15.6 Å². The van der Waals surface area contributed by atoms with E-state index in [1.807, 2.05) is 6.92 Å². The van der Waals surface area contributed by atoms with Crippen molar-refractivity contribution in [1.29, 1.82) is 0 Å². The molecule has 0 amide bonds. The van der Waals surface area contributed by atoms with Crippen LogP contribution in [0.25, 0.3) is 10.4 Å². The minimum Gasteiger partial charge on any atom is -0.495 e. The van der Waals surface area contributed by atoms with Crippen molar-refractivity contribution in [1.82, 2.24) is 9.71 Å². The summed E-state index contributed by atoms with van der Waals surface area (Å²) in [5, 5.41) is 10.2. The van der Waals surface area contributed by atoms with Crippen molar-refractivity contribution in [2.75, 3.05) is 12.8 Å². The highest BCUT2D eigenvalue weighted by Crippen LogP contribution is 2.35. The molecule has 1 aliphatic rings. The van der Waals surface area contributed by atoms with Gasteiger partial charge in [0, 0.05) is 6.04 Å². The fraction of sp³-hybridized carbons (Fsp3) is 0.471. The van der Waals surface area contributed by atoms with E-state index < -0.39 is 16.1 Å². The third-order valence-corrected chi connectivity index (χ3v) is 7.07. The number of nitrogens with two attached hydrogens (primary N) is 1. The third kappa shape index (κ3) is 4.01. The van der Waals surface area contributed by atoms with E-state index in [9.17, 15) is 13.5 Å². The van der Waals surface area contributed by atoms with Gasteiger partial charge in [0.1, 0.15) is 10.6 Å². The summed E-state index contributed by atoms with van der Waals surface area (Å²) in [6.07, 6.45) is 2.18. The zero-order valence-corrected chi connectivity index (χ0v) is 16.4. The van der Waals surface area contributed by atoms with Gasteiger partial charge in [0.25, 0.3) is 0 Å². The molecule has 0 bridgehead atoms. The maximum atomic E-state index is 13.0. The first-order valence-corrected chi connectivity index (χ1v) is 10.7. The maximum absolute atomic E-state index is 13.0. The molecule has 1 saturated carbocycles. The molecule has 26 heavy (non-hydrogen) atoms. The molecule has 0 spiro atoms. The third-order valence-electron chi connectivity index (χ3n) is 4.50. The fourth-order valence-corrected chi connectivity index (χ4v) is 5.58. The summed E-state index contributed by atoms with van der Waals surface area (Å²) in [5.41, 5.74) is 7.24. The average molecular weight is 398 g/mol. The van der Waals surface area contributed by atoms with Gasteiger partial charge in [0.05, 0.1) is 23.8 Å². The van der Waals surface area contributed by atoms with Gasteiger partial charge >= 0.3 is 0 Å². The maximum Gasteiger partial charge on any atom is 0.244 e. The van der Waals surface area contributed by atoms with Gasteiger partial charge in [-0.2, -0.15) is 0 Å². The minimum atomic E-state index is -3.80. The lowest BCUT2D eigenvalue weighted by molar-refractivity contribution is 0.117. The topological polar surface area (TPSA) is 115 Å². The Morgan fingerprint density at radius 1 is 1.38 bits per heavy atom. The molecule has 1 fully saturated rings. The first-order valence-electron chi connectivity index (χ1n) is 8.42. The van der Waals surface area contributed by atoms with Crippen LogP contribution in [0, 0.1) is 6.92 Å². The Balaban J connectivity index is 1.96. The highest BCUT2D eigenvalue weighted by molar-refractivity contribution is 7.89. The standard InChI is InChI=1S/C17H23N3O4S2/c1-10-16(25-17(18)19-10)11-6-7-14(24-2)15(8-11)26(22,23)20-12-4-3-5-13(21)9-12/h6-8,12-13,20-21H,3-5,9H2,1-2H3,(H2,18,19)/t12?,13-/m1/s1. The summed E-state index contributed by atoms with van der Waals surface area (Å²) in [6.45, 7) is 1.84. The second kappa shape index (κ2) is 7.51. The molecule has 0 saturated heterocycles. The van der Waals surface area contributed by atoms with E-state index in [0.29, 0.717) is 24.4 Å². The summed E-state index contributed by atoms with van der Waals surface area (Å²) in [7, 11) is -2.36. The van der Waals surface area contributed by atoms with Crippen LogP contribution in [0.5, 0.6) is 5.75 Å². The Hall–Kier alpha value is -1.68. The highest BCUT2D eigenvalue weighted by Gasteiger charge is 2.28. The van der Waals surface area contributed by atoms with E-state index in [1.54, 1.807) is 18.2 Å². The summed E-state index contributed by atoms with van der Waals surface area (Å²) < 4.78 is 33.9. The number of rotatable bonds is 5. The molecular formula is C17H23N3O4S2. The SMILES string of the molecule is COc1ccc(-c2sc(N)nc2C)cc1S(=O)(=O)NC1CCC[C@@H](O)C1. The fourth-order valence-electron chi connectivity index (χ4n) is 3.27. The van der Waals surface area contributed by atoms with Gasteiger partial charge in [-0.3, -0.25) is 0 Å². The number of methoxy groups -OCH3 is 1. The molecule has 0 radical (unpaired) electrons. The van der Waals surface area contributed by atoms with Gasteiger partial charge in [0.15, 0.2) is 5.13 Å². The highest BCUT2D eigenvalue weighted by atomic mass is 32.2. The van der Waals surface area contributed by atoms with Crippen molar-refractivity contribution in [3.63, 3.8) is 0 Å². The lowest BCUT2D eigenvalue weighted by Gasteiger charge is -2.26. The van der Waals surface area contributed by atoms with E-state index in [0.717, 1.165) is 22.6 Å². The molecule has 2 aromatic rings. The van der Waals surface area contributed by atoms with Crippen LogP contribution in [0.1, 0.15) is 31.4 Å². The van der Waals surface area contributed by atoms with Gasteiger partial charge in [0.2, 0.25) is 10.0 Å². The molecule has 9 heteroatoms. The number of aromatic nitrogens is 1. The van der Waals surface area contributed by atoms with Crippen molar-refractivity contribution in [2.45, 2.75) is 49.6 Å². The molecule has 142 valence electrons. The number of aliphatic hydroxyl groups is 1. The summed E-state index contributed by atoms with van der Waals surface area (Å²) >= 11 is 1.31. The van der Waals surface area contributed by atoms with Crippen LogP contribution < -0.4 is 15.2 Å². The van der Waals surface area contributed by atoms with E-state index >= 15 is 0 Å². The zero-order valence-electron chi connectivity index (χ0n) is 14.7. The lowest BCUT2D eigenvalue weighted by Crippen LogP contribution is -2.39.